The molecule has 2 fully saturated rings. The predicted molar refractivity (Wildman–Crippen MR) is 99.6 cm³/mol. The summed E-state index contributed by atoms with van der Waals surface area (Å²) in [5.74, 6) is 1.32. The van der Waals surface area contributed by atoms with E-state index in [9.17, 15) is 4.79 Å². The van der Waals surface area contributed by atoms with Gasteiger partial charge >= 0.3 is 0 Å². The number of carbonyl (C=O) groups excluding carboxylic acids is 1. The molecule has 0 aromatic heterocycles. The number of ether oxygens (including phenoxy) is 2. The van der Waals surface area contributed by atoms with Gasteiger partial charge in [-0.15, -0.1) is 0 Å². The first-order chi connectivity index (χ1) is 10.4. The van der Waals surface area contributed by atoms with E-state index in [2.05, 4.69) is 63.7 Å². The molecule has 0 radical (unpaired) electrons. The number of carbonyl (C=O) groups is 1. The fourth-order valence-electron chi connectivity index (χ4n) is 3.47. The summed E-state index contributed by atoms with van der Waals surface area (Å²) >= 11 is 15.6. The van der Waals surface area contributed by atoms with Gasteiger partial charge in [0.2, 0.25) is 4.93 Å². The van der Waals surface area contributed by atoms with Crippen LogP contribution in [0.2, 0.25) is 0 Å². The lowest BCUT2D eigenvalue weighted by atomic mass is 9.79. The number of rotatable bonds is 0. The van der Waals surface area contributed by atoms with E-state index in [-0.39, 0.29) is 5.12 Å². The van der Waals surface area contributed by atoms with Crippen molar-refractivity contribution >= 4 is 80.6 Å². The van der Waals surface area contributed by atoms with Gasteiger partial charge in [-0.05, 0) is 94.7 Å². The Kier molecular flexibility index (Phi) is 3.97. The smallest absolute Gasteiger partial charge is 0.201 e. The van der Waals surface area contributed by atoms with Crippen LogP contribution in [0.3, 0.4) is 0 Å². The van der Waals surface area contributed by atoms with Crippen molar-refractivity contribution in [1.29, 1.82) is 0 Å². The van der Waals surface area contributed by atoms with E-state index in [4.69, 9.17) is 9.47 Å². The van der Waals surface area contributed by atoms with E-state index in [0.717, 1.165) is 43.6 Å². The molecule has 1 aliphatic carbocycles. The molecule has 4 rings (SSSR count). The van der Waals surface area contributed by atoms with Gasteiger partial charge in [0.25, 0.3) is 0 Å². The van der Waals surface area contributed by atoms with Gasteiger partial charge in [-0.2, -0.15) is 0 Å². The third-order valence-corrected chi connectivity index (χ3v) is 10.5. The molecule has 1 saturated heterocycles. The topological polar surface area (TPSA) is 35.5 Å². The molecule has 1 aromatic rings. The minimum Gasteiger partial charge on any atom is -0.476 e. The fourth-order valence-corrected chi connectivity index (χ4v) is 7.12. The Morgan fingerprint density at radius 3 is 2.14 bits per heavy atom. The van der Waals surface area contributed by atoms with Gasteiger partial charge in [0.15, 0.2) is 22.2 Å². The molecule has 2 aliphatic heterocycles. The maximum atomic E-state index is 12.2. The highest BCUT2D eigenvalue weighted by molar-refractivity contribution is 9.15. The molecule has 3 nitrogen and oxygen atoms in total. The van der Waals surface area contributed by atoms with Crippen LogP contribution in [0.15, 0.2) is 17.9 Å². The quantitative estimate of drug-likeness (QED) is 0.273. The van der Waals surface area contributed by atoms with Gasteiger partial charge in [0, 0.05) is 6.42 Å². The molecule has 22 heavy (non-hydrogen) atoms. The van der Waals surface area contributed by atoms with Crippen LogP contribution in [0.4, 0.5) is 0 Å². The van der Waals surface area contributed by atoms with Crippen LogP contribution in [0, 0.1) is 0 Å². The van der Waals surface area contributed by atoms with Crippen molar-refractivity contribution in [2.24, 2.45) is 0 Å². The van der Waals surface area contributed by atoms with E-state index in [0.29, 0.717) is 17.9 Å². The zero-order chi connectivity index (χ0) is 15.7. The minimum absolute atomic E-state index is 0.153. The first-order valence-corrected chi connectivity index (χ1v) is 10.8. The summed E-state index contributed by atoms with van der Waals surface area (Å²) in [7, 11) is 0. The summed E-state index contributed by atoms with van der Waals surface area (Å²) in [6.45, 7) is 0. The standard InChI is InChI=1S/C14H10Br4O3S/c15-7-8(16)10(18)12-11(9(7)17)20-13-3-1-2-4-14(13,21-12)22-6(19)5-13/h1-5H2/t13-,14+/m1/s1. The van der Waals surface area contributed by atoms with Crippen LogP contribution in [0.5, 0.6) is 11.5 Å². The van der Waals surface area contributed by atoms with Gasteiger partial charge in [0.05, 0.1) is 24.3 Å². The number of benzene rings is 1. The molecule has 0 N–H and O–H groups in total. The van der Waals surface area contributed by atoms with Gasteiger partial charge in [-0.25, -0.2) is 0 Å². The number of hydrogen-bond donors (Lipinski definition) is 0. The SMILES string of the molecule is O=C1C[C@]23CCCC[C@]2(Oc2c(Br)c(Br)c(Br)c(Br)c2O3)S1. The third-order valence-electron chi connectivity index (χ3n) is 4.49. The van der Waals surface area contributed by atoms with Gasteiger partial charge < -0.3 is 9.47 Å². The van der Waals surface area contributed by atoms with Crippen molar-refractivity contribution < 1.29 is 14.3 Å². The Bertz CT molecular complexity index is 653. The monoisotopic (exact) mass is 574 g/mol. The summed E-state index contributed by atoms with van der Waals surface area (Å²) in [5, 5.41) is 0.153. The number of fused-ring (bicyclic) bond motifs is 1. The molecule has 1 aromatic carbocycles. The minimum atomic E-state index is -0.593. The van der Waals surface area contributed by atoms with Crippen molar-refractivity contribution in [2.75, 3.05) is 0 Å². The second-order valence-corrected chi connectivity index (χ2v) is 10.2. The maximum absolute atomic E-state index is 12.2. The van der Waals surface area contributed by atoms with Crippen LogP contribution in [0.1, 0.15) is 32.1 Å². The lowest BCUT2D eigenvalue weighted by Gasteiger charge is -2.50. The van der Waals surface area contributed by atoms with Crippen molar-refractivity contribution in [1.82, 2.24) is 0 Å². The summed E-state index contributed by atoms with van der Waals surface area (Å²) < 4.78 is 16.2. The molecule has 1 saturated carbocycles. The molecule has 0 bridgehead atoms. The lowest BCUT2D eigenvalue weighted by Crippen LogP contribution is -2.60. The van der Waals surface area contributed by atoms with Crippen LogP contribution in [-0.2, 0) is 4.79 Å². The van der Waals surface area contributed by atoms with Crippen molar-refractivity contribution in [3.8, 4) is 11.5 Å². The zero-order valence-electron chi connectivity index (χ0n) is 11.2. The third kappa shape index (κ3) is 2.06. The van der Waals surface area contributed by atoms with E-state index in [1.807, 2.05) is 0 Å². The molecule has 2 atom stereocenters. The van der Waals surface area contributed by atoms with Gasteiger partial charge in [-0.1, -0.05) is 0 Å². The first kappa shape index (κ1) is 16.2. The predicted octanol–water partition coefficient (Wildman–Crippen LogP) is 6.18. The molecule has 3 aliphatic rings. The Morgan fingerprint density at radius 1 is 0.864 bits per heavy atom. The van der Waals surface area contributed by atoms with Crippen LogP contribution in [0.25, 0.3) is 0 Å². The zero-order valence-corrected chi connectivity index (χ0v) is 18.3. The van der Waals surface area contributed by atoms with Gasteiger partial charge in [-0.3, -0.25) is 4.79 Å². The molecule has 0 spiro atoms. The largest absolute Gasteiger partial charge is 0.476 e. The molecule has 118 valence electrons. The summed E-state index contributed by atoms with van der Waals surface area (Å²) in [5.41, 5.74) is -0.546. The van der Waals surface area contributed by atoms with Crippen molar-refractivity contribution in [3.05, 3.63) is 17.9 Å². The molecule has 2 heterocycles. The first-order valence-electron chi connectivity index (χ1n) is 6.85. The van der Waals surface area contributed by atoms with Crippen LogP contribution in [-0.4, -0.2) is 15.6 Å². The fraction of sp³-hybridized carbons (Fsp3) is 0.500. The Hall–Kier alpha value is 0.760. The van der Waals surface area contributed by atoms with Crippen molar-refractivity contribution in [3.63, 3.8) is 0 Å². The highest BCUT2D eigenvalue weighted by Crippen LogP contribution is 2.64. The number of thioether (sulfide) groups is 1. The Morgan fingerprint density at radius 2 is 1.45 bits per heavy atom. The summed E-state index contributed by atoms with van der Waals surface area (Å²) in [6, 6.07) is 0. The lowest BCUT2D eigenvalue weighted by molar-refractivity contribution is -0.125. The Labute approximate surface area is 165 Å². The average Bonchev–Trinajstić information content (AvgIpc) is 2.80. The molecule has 8 heteroatoms. The second-order valence-electron chi connectivity index (χ2n) is 5.72. The normalized spacial score (nSPS) is 32.6. The van der Waals surface area contributed by atoms with Crippen LogP contribution >= 0.6 is 75.5 Å². The Balaban J connectivity index is 1.94. The van der Waals surface area contributed by atoms with Crippen molar-refractivity contribution in [2.45, 2.75) is 42.6 Å². The van der Waals surface area contributed by atoms with E-state index < -0.39 is 10.5 Å². The van der Waals surface area contributed by atoms with E-state index >= 15 is 0 Å². The van der Waals surface area contributed by atoms with E-state index in [1.165, 1.54) is 11.8 Å². The molecular weight excluding hydrogens is 568 g/mol. The summed E-state index contributed by atoms with van der Waals surface area (Å²) in [4.78, 5) is 11.6. The molecule has 0 amide bonds. The average molecular weight is 578 g/mol. The van der Waals surface area contributed by atoms with E-state index in [1.54, 1.807) is 0 Å². The number of halogens is 4. The molecular formula is C14H10Br4O3S. The number of hydrogen-bond acceptors (Lipinski definition) is 4. The highest BCUT2D eigenvalue weighted by Gasteiger charge is 2.67. The second kappa shape index (κ2) is 5.38. The molecule has 0 unspecified atom stereocenters. The summed E-state index contributed by atoms with van der Waals surface area (Å²) in [6.07, 6.45) is 4.21. The van der Waals surface area contributed by atoms with Gasteiger partial charge in [0.1, 0.15) is 0 Å². The van der Waals surface area contributed by atoms with Crippen LogP contribution < -0.4 is 9.47 Å². The maximum Gasteiger partial charge on any atom is 0.201 e. The highest BCUT2D eigenvalue weighted by atomic mass is 79.9.